The molecule has 0 N–H and O–H groups in total. The first-order valence-electron chi connectivity index (χ1n) is 6.16. The topological polar surface area (TPSA) is 63.5 Å². The van der Waals surface area contributed by atoms with Gasteiger partial charge in [-0.25, -0.2) is 0 Å². The van der Waals surface area contributed by atoms with E-state index in [1.54, 1.807) is 7.05 Å². The van der Waals surface area contributed by atoms with E-state index in [1.807, 2.05) is 0 Å². The molecule has 0 atom stereocenters. The van der Waals surface area contributed by atoms with Gasteiger partial charge < -0.3 is 4.90 Å². The van der Waals surface area contributed by atoms with Crippen LogP contribution in [0.1, 0.15) is 36.5 Å². The number of nitrogens with zero attached hydrogens (tertiary/aromatic N) is 2. The lowest BCUT2D eigenvalue weighted by Gasteiger charge is -2.17. The number of halogens is 1. The molecule has 104 valence electrons. The smallest absolute Gasteiger partial charge is 0.282 e. The Morgan fingerprint density at radius 1 is 1.42 bits per heavy atom. The van der Waals surface area contributed by atoms with E-state index in [1.165, 1.54) is 23.1 Å². The Balaban J connectivity index is 2.91. The molecule has 0 aliphatic heterocycles. The average molecular weight is 285 g/mol. The minimum Gasteiger partial charge on any atom is -0.341 e. The van der Waals surface area contributed by atoms with Crippen LogP contribution in [0.5, 0.6) is 0 Å². The number of hydrogen-bond acceptors (Lipinski definition) is 3. The van der Waals surface area contributed by atoms with Crippen molar-refractivity contribution in [3.05, 3.63) is 38.9 Å². The first-order valence-corrected chi connectivity index (χ1v) is 6.54. The fraction of sp³-hybridized carbons (Fsp3) is 0.462. The molecule has 0 aliphatic rings. The van der Waals surface area contributed by atoms with Crippen molar-refractivity contribution in [1.82, 2.24) is 4.90 Å². The van der Waals surface area contributed by atoms with Gasteiger partial charge >= 0.3 is 0 Å². The summed E-state index contributed by atoms with van der Waals surface area (Å²) < 4.78 is 0. The van der Waals surface area contributed by atoms with Gasteiger partial charge in [0.15, 0.2) is 0 Å². The Labute approximate surface area is 117 Å². The largest absolute Gasteiger partial charge is 0.341 e. The Bertz CT molecular complexity index is 477. The second kappa shape index (κ2) is 7.09. The molecule has 0 aromatic heterocycles. The highest BCUT2D eigenvalue weighted by atomic mass is 35.5. The van der Waals surface area contributed by atoms with Crippen molar-refractivity contribution < 1.29 is 9.72 Å². The number of nitro benzene ring substituents is 1. The number of amides is 1. The molecular formula is C13H17ClN2O3. The van der Waals surface area contributed by atoms with E-state index in [9.17, 15) is 14.9 Å². The van der Waals surface area contributed by atoms with Gasteiger partial charge in [-0.2, -0.15) is 0 Å². The second-order valence-corrected chi connectivity index (χ2v) is 4.79. The monoisotopic (exact) mass is 284 g/mol. The molecule has 6 heteroatoms. The zero-order valence-corrected chi connectivity index (χ0v) is 11.8. The Morgan fingerprint density at radius 2 is 2.11 bits per heavy atom. The number of benzene rings is 1. The number of unbranched alkanes of at least 4 members (excludes halogenated alkanes) is 2. The first kappa shape index (κ1) is 15.4. The van der Waals surface area contributed by atoms with Crippen molar-refractivity contribution in [3.63, 3.8) is 0 Å². The molecule has 0 saturated carbocycles. The van der Waals surface area contributed by atoms with Gasteiger partial charge in [-0.15, -0.1) is 0 Å². The van der Waals surface area contributed by atoms with Crippen molar-refractivity contribution in [3.8, 4) is 0 Å². The summed E-state index contributed by atoms with van der Waals surface area (Å²) in [6.07, 6.45) is 2.96. The minimum atomic E-state index is -0.566. The van der Waals surface area contributed by atoms with Gasteiger partial charge in [0.2, 0.25) is 0 Å². The molecule has 0 spiro atoms. The maximum Gasteiger partial charge on any atom is 0.282 e. The summed E-state index contributed by atoms with van der Waals surface area (Å²) in [7, 11) is 1.64. The molecule has 0 aliphatic carbocycles. The van der Waals surface area contributed by atoms with Gasteiger partial charge in [0.05, 0.1) is 4.92 Å². The van der Waals surface area contributed by atoms with E-state index in [0.29, 0.717) is 11.6 Å². The summed E-state index contributed by atoms with van der Waals surface area (Å²) in [5.74, 6) is -0.370. The maximum atomic E-state index is 12.2. The third-order valence-corrected chi connectivity index (χ3v) is 3.06. The number of carbonyl (C=O) groups is 1. The summed E-state index contributed by atoms with van der Waals surface area (Å²) in [6.45, 7) is 2.65. The zero-order valence-electron chi connectivity index (χ0n) is 11.1. The summed E-state index contributed by atoms with van der Waals surface area (Å²) in [6, 6.07) is 4.02. The quantitative estimate of drug-likeness (QED) is 0.456. The van der Waals surface area contributed by atoms with Gasteiger partial charge in [-0.1, -0.05) is 31.4 Å². The van der Waals surface area contributed by atoms with Crippen LogP contribution in [0.4, 0.5) is 5.69 Å². The van der Waals surface area contributed by atoms with Crippen LogP contribution < -0.4 is 0 Å². The standard InChI is InChI=1S/C13H17ClN2O3/c1-3-4-5-8-15(2)13(17)11-9-10(14)6-7-12(11)16(18)19/h6-7,9H,3-5,8H2,1-2H3. The van der Waals surface area contributed by atoms with Gasteiger partial charge in [0.25, 0.3) is 11.6 Å². The van der Waals surface area contributed by atoms with Crippen LogP contribution in [0.3, 0.4) is 0 Å². The lowest BCUT2D eigenvalue weighted by Crippen LogP contribution is -2.28. The van der Waals surface area contributed by atoms with E-state index < -0.39 is 4.92 Å². The number of rotatable bonds is 6. The van der Waals surface area contributed by atoms with E-state index in [0.717, 1.165) is 19.3 Å². The second-order valence-electron chi connectivity index (χ2n) is 4.35. The fourth-order valence-corrected chi connectivity index (χ4v) is 1.92. The lowest BCUT2D eigenvalue weighted by atomic mass is 10.1. The van der Waals surface area contributed by atoms with Crippen molar-refractivity contribution in [1.29, 1.82) is 0 Å². The third kappa shape index (κ3) is 4.21. The first-order chi connectivity index (χ1) is 8.97. The fourth-order valence-electron chi connectivity index (χ4n) is 1.74. The van der Waals surface area contributed by atoms with E-state index >= 15 is 0 Å². The lowest BCUT2D eigenvalue weighted by molar-refractivity contribution is -0.385. The van der Waals surface area contributed by atoms with E-state index in [4.69, 9.17) is 11.6 Å². The molecule has 19 heavy (non-hydrogen) atoms. The van der Waals surface area contributed by atoms with Crippen LogP contribution in [-0.4, -0.2) is 29.3 Å². The summed E-state index contributed by atoms with van der Waals surface area (Å²) >= 11 is 5.80. The number of hydrogen-bond donors (Lipinski definition) is 0. The van der Waals surface area contributed by atoms with Crippen LogP contribution in [0.15, 0.2) is 18.2 Å². The SMILES string of the molecule is CCCCCN(C)C(=O)c1cc(Cl)ccc1[N+](=O)[O-]. The molecule has 1 amide bonds. The Hall–Kier alpha value is -1.62. The Kier molecular flexibility index (Phi) is 5.76. The van der Waals surface area contributed by atoms with E-state index in [-0.39, 0.29) is 17.2 Å². The van der Waals surface area contributed by atoms with Crippen LogP contribution in [-0.2, 0) is 0 Å². The third-order valence-electron chi connectivity index (χ3n) is 2.83. The molecule has 0 bridgehead atoms. The van der Waals surface area contributed by atoms with Gasteiger partial charge in [0.1, 0.15) is 5.56 Å². The van der Waals surface area contributed by atoms with Gasteiger partial charge in [0, 0.05) is 24.7 Å². The summed E-state index contributed by atoms with van der Waals surface area (Å²) in [5, 5.41) is 11.2. The van der Waals surface area contributed by atoms with Crippen LogP contribution >= 0.6 is 11.6 Å². The average Bonchev–Trinajstić information content (AvgIpc) is 2.37. The molecule has 0 saturated heterocycles. The molecule has 0 radical (unpaired) electrons. The normalized spacial score (nSPS) is 10.3. The van der Waals surface area contributed by atoms with Gasteiger partial charge in [-0.3, -0.25) is 14.9 Å². The molecule has 5 nitrogen and oxygen atoms in total. The van der Waals surface area contributed by atoms with E-state index in [2.05, 4.69) is 6.92 Å². The molecule has 0 fully saturated rings. The summed E-state index contributed by atoms with van der Waals surface area (Å²) in [4.78, 5) is 24.0. The predicted octanol–water partition coefficient (Wildman–Crippen LogP) is 3.51. The zero-order chi connectivity index (χ0) is 14.4. The summed E-state index contributed by atoms with van der Waals surface area (Å²) in [5.41, 5.74) is -0.173. The molecule has 1 aromatic carbocycles. The van der Waals surface area contributed by atoms with Crippen LogP contribution in [0.2, 0.25) is 5.02 Å². The van der Waals surface area contributed by atoms with Crippen molar-refractivity contribution >= 4 is 23.2 Å². The molecule has 0 unspecified atom stereocenters. The molecule has 1 aromatic rings. The van der Waals surface area contributed by atoms with Crippen LogP contribution in [0.25, 0.3) is 0 Å². The molecule has 1 rings (SSSR count). The highest BCUT2D eigenvalue weighted by Crippen LogP contribution is 2.23. The number of carbonyl (C=O) groups excluding carboxylic acids is 1. The highest BCUT2D eigenvalue weighted by molar-refractivity contribution is 6.31. The molecular weight excluding hydrogens is 268 g/mol. The number of nitro groups is 1. The van der Waals surface area contributed by atoms with Gasteiger partial charge in [-0.05, 0) is 18.6 Å². The maximum absolute atomic E-state index is 12.2. The molecule has 0 heterocycles. The minimum absolute atomic E-state index is 0.0384. The van der Waals surface area contributed by atoms with Crippen molar-refractivity contribution in [2.75, 3.05) is 13.6 Å². The van der Waals surface area contributed by atoms with Crippen molar-refractivity contribution in [2.45, 2.75) is 26.2 Å². The predicted molar refractivity (Wildman–Crippen MR) is 74.6 cm³/mol. The highest BCUT2D eigenvalue weighted by Gasteiger charge is 2.22. The Morgan fingerprint density at radius 3 is 2.68 bits per heavy atom. The van der Waals surface area contributed by atoms with Crippen LogP contribution in [0, 0.1) is 10.1 Å². The van der Waals surface area contributed by atoms with Crippen molar-refractivity contribution in [2.24, 2.45) is 0 Å².